The molecule has 0 aromatic rings. The minimum atomic E-state index is -1.16. The number of carboxylic acid groups (broad SMARTS) is 3. The average molecular weight is 2170 g/mol. The summed E-state index contributed by atoms with van der Waals surface area (Å²) < 4.78 is 0. The first-order chi connectivity index (χ1) is 7.93. The third kappa shape index (κ3) is 1390. The van der Waals surface area contributed by atoms with Gasteiger partial charge in [-0.25, -0.2) is 0 Å². The third-order valence-corrected chi connectivity index (χ3v) is 1.10. The van der Waals surface area contributed by atoms with Crippen molar-refractivity contribution in [3.8, 4) is 0 Å². The quantitative estimate of drug-likeness (QED) is 0.167. The largest absolute Gasteiger partial charge is 0.530 e. The molecule has 1 unspecified atom stereocenters. The zero-order chi connectivity index (χ0) is 15.5. The van der Waals surface area contributed by atoms with Crippen molar-refractivity contribution in [2.75, 3.05) is 42.3 Å². The van der Waals surface area contributed by atoms with Gasteiger partial charge in [-0.15, -0.1) is 0 Å². The fraction of sp³-hybridized carbons (Fsp3) is 0.667. The van der Waals surface area contributed by atoms with Crippen LogP contribution in [0.4, 0.5) is 14.4 Å². The van der Waals surface area contributed by atoms with Crippen LogP contribution in [0.3, 0.4) is 0 Å². The number of rotatable bonds is 0. The fourth-order valence-electron chi connectivity index (χ4n) is 0. The summed E-state index contributed by atoms with van der Waals surface area (Å²) in [6.07, 6.45) is -3.47. The molecule has 0 fully saturated rings. The van der Waals surface area contributed by atoms with E-state index < -0.39 is 18.3 Å². The van der Waals surface area contributed by atoms with Gasteiger partial charge in [-0.3, -0.25) is 0 Å². The molecule has 0 aromatic carbocycles. The molecule has 49 nitrogen and oxygen atoms in total. The van der Waals surface area contributed by atoms with Crippen molar-refractivity contribution in [3.05, 3.63) is 0 Å². The van der Waals surface area contributed by atoms with Crippen LogP contribution < -0.4 is 15.3 Å². The molecule has 508 valence electrons. The fourth-order valence-corrected chi connectivity index (χ4v) is 0. The van der Waals surface area contributed by atoms with Gasteiger partial charge in [-0.05, 0) is 0 Å². The Hall–Kier alpha value is 4.90. The predicted molar refractivity (Wildman–Crippen MR) is 213 cm³/mol. The molecule has 0 aliphatic rings. The Morgan fingerprint density at radius 2 is 0.197 bits per heavy atom. The van der Waals surface area contributed by atoms with Crippen LogP contribution in [-0.2, 0) is 253 Å². The van der Waals surface area contributed by atoms with E-state index in [-0.39, 0.29) is 482 Å². The molecule has 0 bridgehead atoms. The molecule has 0 aromatic heterocycles. The van der Waals surface area contributed by atoms with Crippen molar-refractivity contribution in [2.45, 2.75) is 0 Å². The second kappa shape index (κ2) is 780. The molecule has 0 aliphatic heterocycles. The van der Waals surface area contributed by atoms with Gasteiger partial charge >= 0.3 is 0 Å². The number of carbonyl (C=O) groups is 3. The first kappa shape index (κ1) is 1080. The molecule has 62 heteroatoms. The number of carbonyl (C=O) groups excluding carboxylic acids is 3. The van der Waals surface area contributed by atoms with Gasteiger partial charge in [0.2, 0.25) is 0 Å². The van der Waals surface area contributed by atoms with Crippen LogP contribution >= 0.6 is 9.90 Å². The van der Waals surface area contributed by atoms with E-state index in [9.17, 15) is 29.7 Å². The van der Waals surface area contributed by atoms with E-state index in [0.29, 0.717) is 0 Å². The number of amides is 3. The van der Waals surface area contributed by atoms with Crippen molar-refractivity contribution < 1.29 is 502 Å². The smallest absolute Gasteiger partial charge is 0.136 e. The van der Waals surface area contributed by atoms with E-state index in [0.717, 1.165) is 14.7 Å². The summed E-state index contributed by atoms with van der Waals surface area (Å²) in [5.41, 5.74) is 0. The minimum Gasteiger partial charge on any atom is -0.530 e. The van der Waals surface area contributed by atoms with E-state index in [1.807, 2.05) is 0 Å². The van der Waals surface area contributed by atoms with Gasteiger partial charge in [0.15, 0.2) is 0 Å². The number of hydrogen-bond acceptors (Lipinski definition) is 6. The molecule has 0 heterocycles. The molecule has 0 spiro atoms. The molecular weight excluding hydrogens is 2070 g/mol. The van der Waals surface area contributed by atoms with Gasteiger partial charge in [0.1, 0.15) is 18.3 Å². The normalized spacial score (nSPS) is 1.94. The Morgan fingerprint density at radius 3 is 0.197 bits per heavy atom. The third-order valence-electron chi connectivity index (χ3n) is 1.10. The molecule has 0 aliphatic carbocycles. The zero-order valence-corrected chi connectivity index (χ0v) is 62.4. The van der Waals surface area contributed by atoms with Gasteiger partial charge in [0.25, 0.3) is 0 Å². The average Bonchev–Trinajstić information content (AvgIpc) is 2.18. The Kier molecular flexibility index (Phi) is 11800. The molecule has 0 radical (unpaired) electrons. The SMILES string of the molecule is CN(C)C(=O)[O-].CN(C)C(=O)[O-].CN(C)C(=O)[O-].O.O.O.O.O.O.O.O.O.O.O.O.O.O.O.O.O.O.O.O.O.O.O.O.O.O.O.O.O.O.O.O.O.O.O.O.O.O.O.O.P.[Mo].[Mo].[Mo].[Mo].[Mo].[Mo].[Mo].[Mo].[Mo].[Mo].[Mo].[Mo]. The van der Waals surface area contributed by atoms with Crippen molar-refractivity contribution >= 4 is 28.2 Å². The van der Waals surface area contributed by atoms with E-state index >= 15 is 0 Å². The van der Waals surface area contributed by atoms with Crippen molar-refractivity contribution in [1.82, 2.24) is 14.7 Å². The van der Waals surface area contributed by atoms with Gasteiger partial charge in [-0.1, -0.05) is 0 Å². The van der Waals surface area contributed by atoms with Crippen molar-refractivity contribution in [2.24, 2.45) is 0 Å². The molecule has 0 saturated heterocycles. The minimum absolute atomic E-state index is 0. The summed E-state index contributed by atoms with van der Waals surface area (Å²) in [6.45, 7) is 0. The molecule has 71 heavy (non-hydrogen) atoms. The molecule has 0 rings (SSSR count). The van der Waals surface area contributed by atoms with Crippen LogP contribution in [0.5, 0.6) is 0 Å². The second-order valence-electron chi connectivity index (χ2n) is 3.48. The molecule has 80 N–H and O–H groups in total. The summed E-state index contributed by atoms with van der Waals surface area (Å²) in [7, 11) is 8.47. The second-order valence-corrected chi connectivity index (χ2v) is 3.48. The maximum absolute atomic E-state index is 9.51. The summed E-state index contributed by atoms with van der Waals surface area (Å²) in [5.74, 6) is 0. The Labute approximate surface area is 579 Å². The van der Waals surface area contributed by atoms with E-state index in [1.54, 1.807) is 0 Å². The van der Waals surface area contributed by atoms with Gasteiger partial charge in [0.05, 0.1) is 0 Å². The van der Waals surface area contributed by atoms with E-state index in [2.05, 4.69) is 0 Å². The van der Waals surface area contributed by atoms with Crippen molar-refractivity contribution in [1.29, 1.82) is 0 Å². The molecule has 0 saturated carbocycles. The Bertz CT molecular complexity index is 302. The van der Waals surface area contributed by atoms with Crippen molar-refractivity contribution in [3.63, 3.8) is 0 Å². The predicted octanol–water partition coefficient (Wildman–Crippen LogP) is -36.3. The van der Waals surface area contributed by atoms with Gasteiger partial charge in [-0.2, -0.15) is 9.90 Å². The summed E-state index contributed by atoms with van der Waals surface area (Å²) in [5, 5.41) is 28.5. The maximum atomic E-state index is 9.51. The first-order valence-corrected chi connectivity index (χ1v) is 4.58. The topological polar surface area (TPSA) is 1390 Å². The standard InChI is InChI=1S/3C3H7NO2.12Mo.40H2O.H3P/c3*1-4(2)3(5)6;;;;;;;;;;;;;;;;;;;;;;;;;;;;;;;;;;;;;;;;;;;;;;;;;;;;;/h3*1-2H3,(H,5,6);;;;;;;;;;;;;40*1H2;1H3/p-3. The van der Waals surface area contributed by atoms with Crippen LogP contribution in [-0.4, -0.2) is 294 Å². The van der Waals surface area contributed by atoms with Gasteiger partial charge < -0.3 is 263 Å². The summed E-state index contributed by atoms with van der Waals surface area (Å²) in [6, 6.07) is 0. The zero-order valence-electron chi connectivity index (χ0n) is 36.9. The Morgan fingerprint density at radius 1 is 0.183 bits per heavy atom. The summed E-state index contributed by atoms with van der Waals surface area (Å²) in [4.78, 5) is 31.5. The Balaban J connectivity index is -0.000000000641. The van der Waals surface area contributed by atoms with E-state index in [1.165, 1.54) is 42.3 Å². The maximum Gasteiger partial charge on any atom is 0.136 e. The van der Waals surface area contributed by atoms with Crippen LogP contribution in [0.1, 0.15) is 0 Å². The monoisotopic (exact) mass is 2190 g/mol. The van der Waals surface area contributed by atoms with Crippen LogP contribution in [0.2, 0.25) is 0 Å². The molecular formula is C9H101Mo12N3O46P-3. The van der Waals surface area contributed by atoms with Crippen LogP contribution in [0.25, 0.3) is 0 Å². The molecule has 3 amide bonds. The van der Waals surface area contributed by atoms with E-state index in [4.69, 9.17) is 0 Å². The van der Waals surface area contributed by atoms with Crippen LogP contribution in [0.15, 0.2) is 0 Å². The summed E-state index contributed by atoms with van der Waals surface area (Å²) >= 11 is 0. The number of hydrogen-bond donors (Lipinski definition) is 0. The van der Waals surface area contributed by atoms with Crippen LogP contribution in [0, 0.1) is 0 Å². The van der Waals surface area contributed by atoms with Gasteiger partial charge in [0, 0.05) is 295 Å². The number of nitrogens with zero attached hydrogens (tertiary/aromatic N) is 3. The first-order valence-electron chi connectivity index (χ1n) is 4.58. The molecule has 1 atom stereocenters.